The van der Waals surface area contributed by atoms with Gasteiger partial charge in [0.05, 0.1) is 11.4 Å². The molecule has 290 valence electrons. The Kier molecular flexibility index (Phi) is 9.08. The first-order chi connectivity index (χ1) is 30.2. The molecule has 4 heterocycles. The minimum Gasteiger partial charge on any atom is -0.276 e. The largest absolute Gasteiger partial charge is 0.276 e. The highest BCUT2D eigenvalue weighted by atomic mass is 15.1. The summed E-state index contributed by atoms with van der Waals surface area (Å²) in [5.41, 5.74) is 17.0. The van der Waals surface area contributed by atoms with Crippen molar-refractivity contribution < 1.29 is 0 Å². The Hall–Kier alpha value is -7.96. The van der Waals surface area contributed by atoms with Crippen LogP contribution in [0.25, 0.3) is 95.4 Å². The van der Waals surface area contributed by atoms with E-state index in [2.05, 4.69) is 180 Å². The lowest BCUT2D eigenvalue weighted by molar-refractivity contribution is 0.747. The molecule has 0 bridgehead atoms. The van der Waals surface area contributed by atoms with Crippen LogP contribution in [-0.2, 0) is 0 Å². The van der Waals surface area contributed by atoms with E-state index in [0.29, 0.717) is 5.92 Å². The fourth-order valence-corrected chi connectivity index (χ4v) is 8.64. The van der Waals surface area contributed by atoms with Crippen molar-refractivity contribution in [3.63, 3.8) is 0 Å². The van der Waals surface area contributed by atoms with E-state index in [1.165, 1.54) is 11.1 Å². The first-order valence-corrected chi connectivity index (χ1v) is 20.8. The Morgan fingerprint density at radius 2 is 0.885 bits per heavy atom. The van der Waals surface area contributed by atoms with Gasteiger partial charge in [-0.25, -0.2) is 19.9 Å². The number of allylic oxidation sites excluding steroid dienone is 4. The van der Waals surface area contributed by atoms with Crippen LogP contribution in [0.3, 0.4) is 0 Å². The molecule has 0 saturated carbocycles. The Morgan fingerprint density at radius 3 is 1.44 bits per heavy atom. The molecule has 0 amide bonds. The van der Waals surface area contributed by atoms with Crippen LogP contribution in [0.2, 0.25) is 0 Å². The molecule has 61 heavy (non-hydrogen) atoms. The summed E-state index contributed by atoms with van der Waals surface area (Å²) in [6, 6.07) is 63.9. The van der Waals surface area contributed by atoms with Crippen LogP contribution in [0.1, 0.15) is 18.9 Å². The van der Waals surface area contributed by atoms with E-state index in [-0.39, 0.29) is 0 Å². The van der Waals surface area contributed by atoms with Gasteiger partial charge in [-0.05, 0) is 87.7 Å². The lowest BCUT2D eigenvalue weighted by atomic mass is 9.89. The van der Waals surface area contributed by atoms with Gasteiger partial charge in [0.1, 0.15) is 22.7 Å². The number of imidazole rings is 2. The number of rotatable bonds is 8. The van der Waals surface area contributed by atoms with Gasteiger partial charge in [-0.1, -0.05) is 165 Å². The predicted octanol–water partition coefficient (Wildman–Crippen LogP) is 13.5. The van der Waals surface area contributed by atoms with Gasteiger partial charge in [0.2, 0.25) is 0 Å². The first-order valence-electron chi connectivity index (χ1n) is 20.8. The van der Waals surface area contributed by atoms with Crippen LogP contribution in [0.4, 0.5) is 0 Å². The third-order valence-electron chi connectivity index (χ3n) is 11.7. The van der Waals surface area contributed by atoms with Gasteiger partial charge in [-0.15, -0.1) is 0 Å². The summed E-state index contributed by atoms with van der Waals surface area (Å²) in [5.74, 6) is 2.18. The van der Waals surface area contributed by atoms with E-state index < -0.39 is 0 Å². The van der Waals surface area contributed by atoms with E-state index in [4.69, 9.17) is 19.9 Å². The molecule has 6 aromatic carbocycles. The summed E-state index contributed by atoms with van der Waals surface area (Å²) in [6.07, 6.45) is 9.18. The Labute approximate surface area is 354 Å². The molecule has 6 heteroatoms. The zero-order chi connectivity index (χ0) is 40.7. The smallest absolute Gasteiger partial charge is 0.164 e. The second kappa shape index (κ2) is 15.3. The molecule has 10 aromatic rings. The van der Waals surface area contributed by atoms with Crippen molar-refractivity contribution in [3.05, 3.63) is 212 Å². The third kappa shape index (κ3) is 6.64. The Bertz CT molecular complexity index is 3250. The van der Waals surface area contributed by atoms with E-state index in [1.54, 1.807) is 0 Å². The molecule has 1 unspecified atom stereocenters. The van der Waals surface area contributed by atoms with Crippen LogP contribution in [-0.4, -0.2) is 29.1 Å². The van der Waals surface area contributed by atoms with Crippen molar-refractivity contribution in [2.75, 3.05) is 0 Å². The lowest BCUT2D eigenvalue weighted by Crippen LogP contribution is -2.08. The molecule has 0 spiro atoms. The van der Waals surface area contributed by atoms with Gasteiger partial charge >= 0.3 is 0 Å². The number of aromatic nitrogens is 6. The Morgan fingerprint density at radius 1 is 0.426 bits per heavy atom. The van der Waals surface area contributed by atoms with Gasteiger partial charge in [0.25, 0.3) is 0 Å². The SMILES string of the molecule is CC1C=CC(n2c(-c3ccc(-c4ccc(-c5ccc(-c6nc7cccnc7n6-c6ccccc6-c6ccccc6)cc5)cc4)cc3)nc3cccnc32)=C(c2ccccc2)C1. The van der Waals surface area contributed by atoms with Crippen molar-refractivity contribution in [3.8, 4) is 61.8 Å². The van der Waals surface area contributed by atoms with Crippen molar-refractivity contribution in [2.45, 2.75) is 13.3 Å². The zero-order valence-electron chi connectivity index (χ0n) is 33.6. The van der Waals surface area contributed by atoms with Crippen molar-refractivity contribution in [2.24, 2.45) is 5.92 Å². The number of para-hydroxylation sites is 1. The summed E-state index contributed by atoms with van der Waals surface area (Å²) in [7, 11) is 0. The van der Waals surface area contributed by atoms with Crippen LogP contribution in [0, 0.1) is 5.92 Å². The molecular formula is C55H40N6. The molecule has 11 rings (SSSR count). The van der Waals surface area contributed by atoms with Gasteiger partial charge in [-0.3, -0.25) is 9.13 Å². The summed E-state index contributed by atoms with van der Waals surface area (Å²) in [5, 5.41) is 0. The number of hydrogen-bond acceptors (Lipinski definition) is 4. The molecule has 0 saturated heterocycles. The average molecular weight is 785 g/mol. The molecule has 0 radical (unpaired) electrons. The Balaban J connectivity index is 0.894. The monoisotopic (exact) mass is 784 g/mol. The fraction of sp³-hybridized carbons (Fsp3) is 0.0545. The van der Waals surface area contributed by atoms with Crippen molar-refractivity contribution >= 4 is 33.6 Å². The van der Waals surface area contributed by atoms with E-state index in [0.717, 1.165) is 96.3 Å². The van der Waals surface area contributed by atoms with Crippen LogP contribution in [0.15, 0.2) is 207 Å². The number of benzene rings is 6. The van der Waals surface area contributed by atoms with Crippen LogP contribution >= 0.6 is 0 Å². The van der Waals surface area contributed by atoms with E-state index >= 15 is 0 Å². The van der Waals surface area contributed by atoms with Crippen LogP contribution in [0.5, 0.6) is 0 Å². The topological polar surface area (TPSA) is 61.4 Å². The van der Waals surface area contributed by atoms with E-state index in [1.807, 2.05) is 42.7 Å². The standard InChI is InChI=1S/C55H40N6/c1-37-20-33-51(47(36-37)43-14-6-3-7-15-43)61-53(59-49-18-11-35-57-55(49)61)45-31-27-41(28-32-45)39-23-21-38(22-24-39)40-25-29-44(30-26-40)52-58-48-17-10-34-56-54(48)60(52)50-19-9-8-16-46(50)42-12-4-2-5-13-42/h2-35,37H,36H2,1H3. The highest BCUT2D eigenvalue weighted by Gasteiger charge is 2.23. The number of nitrogens with zero attached hydrogens (tertiary/aromatic N) is 6. The minimum atomic E-state index is 0.443. The molecule has 1 aliphatic rings. The number of pyridine rings is 2. The highest BCUT2D eigenvalue weighted by Crippen LogP contribution is 2.39. The normalized spacial score (nSPS) is 14.0. The quantitative estimate of drug-likeness (QED) is 0.154. The number of fused-ring (bicyclic) bond motifs is 2. The molecule has 6 nitrogen and oxygen atoms in total. The maximum atomic E-state index is 5.15. The fourth-order valence-electron chi connectivity index (χ4n) is 8.64. The van der Waals surface area contributed by atoms with Gasteiger partial charge in [-0.2, -0.15) is 0 Å². The first kappa shape index (κ1) is 36.1. The third-order valence-corrected chi connectivity index (χ3v) is 11.7. The van der Waals surface area contributed by atoms with Crippen molar-refractivity contribution in [1.29, 1.82) is 0 Å². The molecule has 1 atom stereocenters. The molecule has 0 N–H and O–H groups in total. The van der Waals surface area contributed by atoms with Gasteiger partial charge < -0.3 is 0 Å². The highest BCUT2D eigenvalue weighted by molar-refractivity contribution is 5.95. The molecular weight excluding hydrogens is 745 g/mol. The number of hydrogen-bond donors (Lipinski definition) is 0. The average Bonchev–Trinajstić information content (AvgIpc) is 3.92. The molecule has 1 aliphatic carbocycles. The molecule has 4 aromatic heterocycles. The van der Waals surface area contributed by atoms with Crippen LogP contribution < -0.4 is 0 Å². The predicted molar refractivity (Wildman–Crippen MR) is 250 cm³/mol. The van der Waals surface area contributed by atoms with E-state index in [9.17, 15) is 0 Å². The van der Waals surface area contributed by atoms with Crippen molar-refractivity contribution in [1.82, 2.24) is 29.1 Å². The lowest BCUT2D eigenvalue weighted by Gasteiger charge is -2.22. The molecule has 0 fully saturated rings. The second-order valence-corrected chi connectivity index (χ2v) is 15.6. The molecule has 0 aliphatic heterocycles. The summed E-state index contributed by atoms with van der Waals surface area (Å²) in [6.45, 7) is 2.27. The zero-order valence-corrected chi connectivity index (χ0v) is 33.6. The summed E-state index contributed by atoms with van der Waals surface area (Å²) in [4.78, 5) is 19.9. The maximum Gasteiger partial charge on any atom is 0.164 e. The summed E-state index contributed by atoms with van der Waals surface area (Å²) >= 11 is 0. The maximum absolute atomic E-state index is 5.15. The second-order valence-electron chi connectivity index (χ2n) is 15.6. The summed E-state index contributed by atoms with van der Waals surface area (Å²) < 4.78 is 4.43. The van der Waals surface area contributed by atoms with Gasteiger partial charge in [0, 0.05) is 29.1 Å². The minimum absolute atomic E-state index is 0.443. The van der Waals surface area contributed by atoms with Gasteiger partial charge in [0.15, 0.2) is 11.3 Å².